The molecule has 0 heterocycles. The van der Waals surface area contributed by atoms with E-state index < -0.39 is 0 Å². The predicted octanol–water partition coefficient (Wildman–Crippen LogP) is 2.72. The summed E-state index contributed by atoms with van der Waals surface area (Å²) in [6.45, 7) is 2.80. The molecule has 0 aliphatic heterocycles. The molecule has 0 aromatic heterocycles. The molecule has 1 aromatic rings. The van der Waals surface area contributed by atoms with Crippen LogP contribution in [0.1, 0.15) is 18.9 Å². The predicted molar refractivity (Wildman–Crippen MR) is 78.8 cm³/mol. The van der Waals surface area contributed by atoms with Gasteiger partial charge in [-0.2, -0.15) is 11.8 Å². The second-order valence-electron chi connectivity index (χ2n) is 4.20. The molecule has 2 N–H and O–H groups in total. The molecule has 0 amide bonds. The molecule has 0 fully saturated rings. The van der Waals surface area contributed by atoms with Crippen LogP contribution in [0.15, 0.2) is 18.2 Å². The van der Waals surface area contributed by atoms with Gasteiger partial charge in [-0.15, -0.1) is 0 Å². The standard InChI is InChI=1S/C14H23NO2S/c1-4-12(15)9-11-5-6-13(14(10-11)16-2)17-7-8-18-3/h5-6,10,12H,4,7-9,15H2,1-3H3. The molecule has 0 radical (unpaired) electrons. The summed E-state index contributed by atoms with van der Waals surface area (Å²) in [5.41, 5.74) is 7.15. The average Bonchev–Trinajstić information content (AvgIpc) is 2.40. The summed E-state index contributed by atoms with van der Waals surface area (Å²) in [6, 6.07) is 6.26. The van der Waals surface area contributed by atoms with Crippen molar-refractivity contribution in [3.8, 4) is 11.5 Å². The Bertz CT molecular complexity index is 358. The van der Waals surface area contributed by atoms with Gasteiger partial charge in [-0.3, -0.25) is 0 Å². The molecule has 0 saturated carbocycles. The highest BCUT2D eigenvalue weighted by atomic mass is 32.2. The van der Waals surface area contributed by atoms with Gasteiger partial charge in [0.25, 0.3) is 0 Å². The maximum absolute atomic E-state index is 5.96. The Hall–Kier alpha value is -0.870. The molecule has 3 nitrogen and oxygen atoms in total. The number of nitrogens with two attached hydrogens (primary N) is 1. The van der Waals surface area contributed by atoms with Crippen LogP contribution in [-0.2, 0) is 6.42 Å². The summed E-state index contributed by atoms with van der Waals surface area (Å²) >= 11 is 1.77. The molecule has 0 aliphatic rings. The quantitative estimate of drug-likeness (QED) is 0.737. The lowest BCUT2D eigenvalue weighted by atomic mass is 10.0. The molecular weight excluding hydrogens is 246 g/mol. The van der Waals surface area contributed by atoms with Crippen LogP contribution < -0.4 is 15.2 Å². The van der Waals surface area contributed by atoms with Crippen molar-refractivity contribution >= 4 is 11.8 Å². The Labute approximate surface area is 114 Å². The van der Waals surface area contributed by atoms with Crippen molar-refractivity contribution in [1.82, 2.24) is 0 Å². The lowest BCUT2D eigenvalue weighted by Gasteiger charge is -2.13. The normalized spacial score (nSPS) is 12.2. The Balaban J connectivity index is 2.70. The van der Waals surface area contributed by atoms with E-state index in [2.05, 4.69) is 19.2 Å². The highest BCUT2D eigenvalue weighted by molar-refractivity contribution is 7.98. The Morgan fingerprint density at radius 2 is 2.11 bits per heavy atom. The van der Waals surface area contributed by atoms with E-state index in [0.717, 1.165) is 30.1 Å². The van der Waals surface area contributed by atoms with Gasteiger partial charge in [0.2, 0.25) is 0 Å². The molecule has 4 heteroatoms. The summed E-state index contributed by atoms with van der Waals surface area (Å²) < 4.78 is 11.0. The first-order chi connectivity index (χ1) is 8.71. The van der Waals surface area contributed by atoms with Crippen molar-refractivity contribution in [2.45, 2.75) is 25.8 Å². The minimum atomic E-state index is 0.206. The molecule has 102 valence electrons. The number of hydrogen-bond donors (Lipinski definition) is 1. The van der Waals surface area contributed by atoms with Crippen molar-refractivity contribution in [2.24, 2.45) is 5.73 Å². The molecule has 0 aliphatic carbocycles. The van der Waals surface area contributed by atoms with Crippen molar-refractivity contribution < 1.29 is 9.47 Å². The zero-order chi connectivity index (χ0) is 13.4. The van der Waals surface area contributed by atoms with Crippen LogP contribution in [-0.4, -0.2) is 31.8 Å². The van der Waals surface area contributed by atoms with E-state index in [1.807, 2.05) is 12.1 Å². The summed E-state index contributed by atoms with van der Waals surface area (Å²) in [6.07, 6.45) is 3.92. The van der Waals surface area contributed by atoms with Gasteiger partial charge in [-0.25, -0.2) is 0 Å². The fourth-order valence-corrected chi connectivity index (χ4v) is 1.89. The third-order valence-corrected chi connectivity index (χ3v) is 3.37. The highest BCUT2D eigenvalue weighted by Crippen LogP contribution is 2.28. The smallest absolute Gasteiger partial charge is 0.161 e. The second kappa shape index (κ2) is 8.27. The van der Waals surface area contributed by atoms with Gasteiger partial charge < -0.3 is 15.2 Å². The number of thioether (sulfide) groups is 1. The topological polar surface area (TPSA) is 44.5 Å². The first-order valence-corrected chi connectivity index (χ1v) is 7.64. The molecule has 1 rings (SSSR count). The van der Waals surface area contributed by atoms with E-state index in [1.54, 1.807) is 18.9 Å². The van der Waals surface area contributed by atoms with E-state index in [4.69, 9.17) is 15.2 Å². The van der Waals surface area contributed by atoms with Crippen LogP contribution in [0.5, 0.6) is 11.5 Å². The van der Waals surface area contributed by atoms with Gasteiger partial charge in [0, 0.05) is 11.8 Å². The third-order valence-electron chi connectivity index (χ3n) is 2.80. The van der Waals surface area contributed by atoms with Crippen LogP contribution in [0.3, 0.4) is 0 Å². The average molecular weight is 269 g/mol. The van der Waals surface area contributed by atoms with Gasteiger partial charge >= 0.3 is 0 Å². The number of methoxy groups -OCH3 is 1. The van der Waals surface area contributed by atoms with Crippen LogP contribution >= 0.6 is 11.8 Å². The summed E-state index contributed by atoms with van der Waals surface area (Å²) in [5, 5.41) is 0. The maximum Gasteiger partial charge on any atom is 0.161 e. The third kappa shape index (κ3) is 4.78. The fraction of sp³-hybridized carbons (Fsp3) is 0.571. The molecular formula is C14H23NO2S. The number of rotatable bonds is 8. The zero-order valence-corrected chi connectivity index (χ0v) is 12.3. The summed E-state index contributed by atoms with van der Waals surface area (Å²) in [7, 11) is 1.67. The summed E-state index contributed by atoms with van der Waals surface area (Å²) in [4.78, 5) is 0. The van der Waals surface area contributed by atoms with Crippen molar-refractivity contribution in [1.29, 1.82) is 0 Å². The molecule has 1 atom stereocenters. The number of hydrogen-bond acceptors (Lipinski definition) is 4. The van der Waals surface area contributed by atoms with Crippen molar-refractivity contribution in [2.75, 3.05) is 25.7 Å². The van der Waals surface area contributed by atoms with E-state index in [0.29, 0.717) is 6.61 Å². The SMILES string of the molecule is CCC(N)Cc1ccc(OCCSC)c(OC)c1. The zero-order valence-electron chi connectivity index (χ0n) is 11.4. The van der Waals surface area contributed by atoms with Gasteiger partial charge in [0.05, 0.1) is 13.7 Å². The minimum Gasteiger partial charge on any atom is -0.493 e. The Morgan fingerprint density at radius 3 is 2.72 bits per heavy atom. The maximum atomic E-state index is 5.96. The monoisotopic (exact) mass is 269 g/mol. The highest BCUT2D eigenvalue weighted by Gasteiger charge is 2.08. The summed E-state index contributed by atoms with van der Waals surface area (Å²) in [5.74, 6) is 2.57. The lowest BCUT2D eigenvalue weighted by Crippen LogP contribution is -2.21. The number of benzene rings is 1. The van der Waals surface area contributed by atoms with Gasteiger partial charge in [-0.1, -0.05) is 13.0 Å². The van der Waals surface area contributed by atoms with Gasteiger partial charge in [-0.05, 0) is 36.8 Å². The largest absolute Gasteiger partial charge is 0.493 e. The van der Waals surface area contributed by atoms with E-state index in [9.17, 15) is 0 Å². The molecule has 0 spiro atoms. The first kappa shape index (κ1) is 15.2. The van der Waals surface area contributed by atoms with Crippen LogP contribution in [0.4, 0.5) is 0 Å². The molecule has 1 aromatic carbocycles. The molecule has 18 heavy (non-hydrogen) atoms. The van der Waals surface area contributed by atoms with Gasteiger partial charge in [0.15, 0.2) is 11.5 Å². The number of ether oxygens (including phenoxy) is 2. The van der Waals surface area contributed by atoms with Crippen LogP contribution in [0, 0.1) is 0 Å². The molecule has 0 bridgehead atoms. The Kier molecular flexibility index (Phi) is 6.98. The van der Waals surface area contributed by atoms with E-state index in [-0.39, 0.29) is 6.04 Å². The fourth-order valence-electron chi connectivity index (χ4n) is 1.64. The van der Waals surface area contributed by atoms with Crippen LogP contribution in [0.25, 0.3) is 0 Å². The minimum absolute atomic E-state index is 0.206. The first-order valence-electron chi connectivity index (χ1n) is 6.25. The second-order valence-corrected chi connectivity index (χ2v) is 5.18. The lowest BCUT2D eigenvalue weighted by molar-refractivity contribution is 0.313. The molecule has 1 unspecified atom stereocenters. The molecule has 0 saturated heterocycles. The Morgan fingerprint density at radius 1 is 1.33 bits per heavy atom. The van der Waals surface area contributed by atoms with E-state index in [1.165, 1.54) is 5.56 Å². The van der Waals surface area contributed by atoms with Crippen molar-refractivity contribution in [3.05, 3.63) is 23.8 Å². The van der Waals surface area contributed by atoms with Gasteiger partial charge in [0.1, 0.15) is 0 Å². The van der Waals surface area contributed by atoms with E-state index >= 15 is 0 Å². The van der Waals surface area contributed by atoms with Crippen molar-refractivity contribution in [3.63, 3.8) is 0 Å². The van der Waals surface area contributed by atoms with Crippen LogP contribution in [0.2, 0.25) is 0 Å².